The lowest BCUT2D eigenvalue weighted by molar-refractivity contribution is 0.101. The SMILES string of the molecule is COc1ccc2ncc(C(=O)Nc3nn(Cc4ccccc4F)cc3Br)n2n1. The highest BCUT2D eigenvalue weighted by atomic mass is 79.9. The molecule has 0 bridgehead atoms. The molecule has 0 spiro atoms. The molecule has 0 aliphatic rings. The number of hydrogen-bond acceptors (Lipinski definition) is 5. The Morgan fingerprint density at radius 1 is 1.25 bits per heavy atom. The fraction of sp³-hybridized carbons (Fsp3) is 0.111. The van der Waals surface area contributed by atoms with Crippen molar-refractivity contribution in [3.63, 3.8) is 0 Å². The van der Waals surface area contributed by atoms with E-state index >= 15 is 0 Å². The van der Waals surface area contributed by atoms with Gasteiger partial charge in [-0.15, -0.1) is 5.10 Å². The molecule has 1 N–H and O–H groups in total. The number of ether oxygens (including phenoxy) is 1. The largest absolute Gasteiger partial charge is 0.480 e. The number of nitrogens with zero attached hydrogens (tertiary/aromatic N) is 5. The van der Waals surface area contributed by atoms with E-state index in [0.717, 1.165) is 0 Å². The van der Waals surface area contributed by atoms with Gasteiger partial charge < -0.3 is 10.1 Å². The van der Waals surface area contributed by atoms with E-state index in [1.165, 1.54) is 28.6 Å². The maximum Gasteiger partial charge on any atom is 0.277 e. The van der Waals surface area contributed by atoms with Gasteiger partial charge in [0, 0.05) is 17.8 Å². The molecule has 28 heavy (non-hydrogen) atoms. The maximum atomic E-state index is 13.8. The third-order valence-electron chi connectivity index (χ3n) is 4.02. The summed E-state index contributed by atoms with van der Waals surface area (Å²) in [6.07, 6.45) is 3.08. The van der Waals surface area contributed by atoms with Gasteiger partial charge in [-0.25, -0.2) is 13.9 Å². The minimum atomic E-state index is -0.440. The lowest BCUT2D eigenvalue weighted by Crippen LogP contribution is -2.16. The predicted molar refractivity (Wildman–Crippen MR) is 103 cm³/mol. The van der Waals surface area contributed by atoms with Gasteiger partial charge in [0.1, 0.15) is 5.82 Å². The van der Waals surface area contributed by atoms with Crippen LogP contribution in [0.1, 0.15) is 16.1 Å². The number of carbonyl (C=O) groups is 1. The van der Waals surface area contributed by atoms with Gasteiger partial charge in [0.05, 0.1) is 24.3 Å². The highest BCUT2D eigenvalue weighted by Crippen LogP contribution is 2.22. The van der Waals surface area contributed by atoms with Crippen LogP contribution in [0.4, 0.5) is 10.2 Å². The Balaban J connectivity index is 1.57. The number of carbonyl (C=O) groups excluding carboxylic acids is 1. The zero-order valence-electron chi connectivity index (χ0n) is 14.6. The van der Waals surface area contributed by atoms with Crippen molar-refractivity contribution in [2.24, 2.45) is 0 Å². The first-order valence-electron chi connectivity index (χ1n) is 8.21. The second-order valence-electron chi connectivity index (χ2n) is 5.86. The summed E-state index contributed by atoms with van der Waals surface area (Å²) in [5, 5.41) is 11.2. The zero-order valence-corrected chi connectivity index (χ0v) is 16.2. The third-order valence-corrected chi connectivity index (χ3v) is 4.60. The minimum absolute atomic E-state index is 0.226. The van der Waals surface area contributed by atoms with E-state index in [1.807, 2.05) is 0 Å². The van der Waals surface area contributed by atoms with E-state index in [9.17, 15) is 9.18 Å². The molecular formula is C18H14BrFN6O2. The Labute approximate surface area is 167 Å². The quantitative estimate of drug-likeness (QED) is 0.510. The van der Waals surface area contributed by atoms with Crippen molar-refractivity contribution >= 4 is 33.3 Å². The second-order valence-corrected chi connectivity index (χ2v) is 6.71. The first-order valence-corrected chi connectivity index (χ1v) is 9.01. The van der Waals surface area contributed by atoms with Crippen LogP contribution in [0.15, 0.2) is 53.3 Å². The summed E-state index contributed by atoms with van der Waals surface area (Å²) < 4.78 is 22.4. The molecule has 1 aromatic carbocycles. The molecule has 8 nitrogen and oxygen atoms in total. The van der Waals surface area contributed by atoms with Gasteiger partial charge in [0.15, 0.2) is 17.2 Å². The number of nitrogens with one attached hydrogen (secondary N) is 1. The van der Waals surface area contributed by atoms with Gasteiger partial charge in [0.25, 0.3) is 5.91 Å². The highest BCUT2D eigenvalue weighted by Gasteiger charge is 2.17. The van der Waals surface area contributed by atoms with E-state index in [1.54, 1.807) is 36.5 Å². The average Bonchev–Trinajstić information content (AvgIpc) is 3.26. The van der Waals surface area contributed by atoms with Crippen LogP contribution in [0.3, 0.4) is 0 Å². The Morgan fingerprint density at radius 3 is 2.86 bits per heavy atom. The Hall–Kier alpha value is -3.27. The normalized spacial score (nSPS) is 11.0. The van der Waals surface area contributed by atoms with Crippen molar-refractivity contribution in [1.29, 1.82) is 0 Å². The van der Waals surface area contributed by atoms with Crippen LogP contribution < -0.4 is 10.1 Å². The number of halogens is 2. The first kappa shape index (κ1) is 18.1. The van der Waals surface area contributed by atoms with Crippen molar-refractivity contribution in [2.45, 2.75) is 6.54 Å². The minimum Gasteiger partial charge on any atom is -0.480 e. The number of fused-ring (bicyclic) bond motifs is 1. The van der Waals surface area contributed by atoms with Crippen LogP contribution in [-0.2, 0) is 6.54 Å². The predicted octanol–water partition coefficient (Wildman–Crippen LogP) is 3.14. The van der Waals surface area contributed by atoms with Gasteiger partial charge in [-0.05, 0) is 28.1 Å². The molecule has 0 atom stereocenters. The van der Waals surface area contributed by atoms with Crippen LogP contribution >= 0.6 is 15.9 Å². The Morgan fingerprint density at radius 2 is 2.07 bits per heavy atom. The van der Waals surface area contributed by atoms with Gasteiger partial charge in [-0.2, -0.15) is 5.10 Å². The number of anilines is 1. The summed E-state index contributed by atoms with van der Waals surface area (Å²) >= 11 is 3.36. The summed E-state index contributed by atoms with van der Waals surface area (Å²) in [5.41, 5.74) is 1.23. The van der Waals surface area contributed by atoms with E-state index in [0.29, 0.717) is 27.4 Å². The van der Waals surface area contributed by atoms with E-state index in [2.05, 4.69) is 36.4 Å². The number of imidazole rings is 1. The molecule has 4 aromatic rings. The number of methoxy groups -OCH3 is 1. The van der Waals surface area contributed by atoms with Gasteiger partial charge in [-0.3, -0.25) is 9.48 Å². The van der Waals surface area contributed by atoms with Crippen molar-refractivity contribution in [2.75, 3.05) is 12.4 Å². The first-order chi connectivity index (χ1) is 13.5. The number of aromatic nitrogens is 5. The van der Waals surface area contributed by atoms with Crippen molar-refractivity contribution in [3.8, 4) is 5.88 Å². The number of amides is 1. The Kier molecular flexibility index (Phi) is 4.78. The third kappa shape index (κ3) is 3.46. The van der Waals surface area contributed by atoms with Crippen molar-refractivity contribution in [1.82, 2.24) is 24.4 Å². The lowest BCUT2D eigenvalue weighted by Gasteiger charge is -2.04. The molecule has 0 fully saturated rings. The van der Waals surface area contributed by atoms with Crippen LogP contribution in [0.25, 0.3) is 5.65 Å². The maximum absolute atomic E-state index is 13.8. The molecule has 0 unspecified atom stereocenters. The smallest absolute Gasteiger partial charge is 0.277 e. The fourth-order valence-corrected chi connectivity index (χ4v) is 3.07. The van der Waals surface area contributed by atoms with Gasteiger partial charge in [0.2, 0.25) is 5.88 Å². The molecule has 0 saturated heterocycles. The highest BCUT2D eigenvalue weighted by molar-refractivity contribution is 9.10. The van der Waals surface area contributed by atoms with E-state index in [-0.39, 0.29) is 18.1 Å². The monoisotopic (exact) mass is 444 g/mol. The summed E-state index contributed by atoms with van der Waals surface area (Å²) in [6, 6.07) is 9.81. The second kappa shape index (κ2) is 7.39. The summed E-state index contributed by atoms with van der Waals surface area (Å²) in [7, 11) is 1.49. The average molecular weight is 445 g/mol. The molecule has 3 aromatic heterocycles. The molecule has 0 aliphatic heterocycles. The molecular weight excluding hydrogens is 431 g/mol. The molecule has 1 amide bonds. The van der Waals surface area contributed by atoms with Crippen LogP contribution in [0.2, 0.25) is 0 Å². The molecule has 142 valence electrons. The molecule has 10 heteroatoms. The molecule has 0 saturated carbocycles. The summed E-state index contributed by atoms with van der Waals surface area (Å²) in [4.78, 5) is 16.8. The molecule has 4 rings (SSSR count). The fourth-order valence-electron chi connectivity index (χ4n) is 2.66. The van der Waals surface area contributed by atoms with Crippen LogP contribution in [-0.4, -0.2) is 37.4 Å². The van der Waals surface area contributed by atoms with Crippen molar-refractivity contribution < 1.29 is 13.9 Å². The molecule has 0 aliphatic carbocycles. The number of rotatable bonds is 5. The molecule has 3 heterocycles. The molecule has 0 radical (unpaired) electrons. The lowest BCUT2D eigenvalue weighted by atomic mass is 10.2. The number of benzene rings is 1. The summed E-state index contributed by atoms with van der Waals surface area (Å²) in [5.74, 6) is -0.0929. The number of hydrogen-bond donors (Lipinski definition) is 1. The van der Waals surface area contributed by atoms with Crippen LogP contribution in [0.5, 0.6) is 5.88 Å². The topological polar surface area (TPSA) is 86.3 Å². The van der Waals surface area contributed by atoms with Crippen molar-refractivity contribution in [3.05, 3.63) is 70.3 Å². The standard InChI is InChI=1S/C18H14BrFN6O2/c1-28-16-7-6-15-21-8-14(26(15)23-16)18(27)22-17-12(19)10-25(24-17)9-11-4-2-3-5-13(11)20/h2-8,10H,9H2,1H3,(H,22,24,27). The van der Waals surface area contributed by atoms with E-state index < -0.39 is 5.91 Å². The Bertz CT molecular complexity index is 1170. The van der Waals surface area contributed by atoms with E-state index in [4.69, 9.17) is 4.74 Å². The van der Waals surface area contributed by atoms with Crippen LogP contribution in [0, 0.1) is 5.82 Å². The van der Waals surface area contributed by atoms with Gasteiger partial charge in [-0.1, -0.05) is 18.2 Å². The zero-order chi connectivity index (χ0) is 19.7. The van der Waals surface area contributed by atoms with Gasteiger partial charge >= 0.3 is 0 Å². The summed E-state index contributed by atoms with van der Waals surface area (Å²) in [6.45, 7) is 0.232.